The summed E-state index contributed by atoms with van der Waals surface area (Å²) >= 11 is 0. The van der Waals surface area contributed by atoms with Crippen LogP contribution >= 0.6 is 0 Å². The maximum Gasteiger partial charge on any atom is 0.256 e. The molecule has 0 saturated carbocycles. The van der Waals surface area contributed by atoms with Gasteiger partial charge in [-0.1, -0.05) is 54.6 Å². The minimum absolute atomic E-state index is 0.0696. The number of rotatable bonds is 4. The van der Waals surface area contributed by atoms with Crippen LogP contribution in [0, 0.1) is 0 Å². The number of benzene rings is 3. The van der Waals surface area contributed by atoms with Gasteiger partial charge >= 0.3 is 0 Å². The first kappa shape index (κ1) is 18.8. The first-order valence-electron chi connectivity index (χ1n) is 8.81. The van der Waals surface area contributed by atoms with Crippen molar-refractivity contribution >= 4 is 32.5 Å². The Morgan fingerprint density at radius 1 is 0.862 bits per heavy atom. The minimum atomic E-state index is -3.86. The summed E-state index contributed by atoms with van der Waals surface area (Å²) in [6, 6.07) is 24.5. The van der Waals surface area contributed by atoms with E-state index in [1.807, 2.05) is 54.6 Å². The maximum atomic E-state index is 13.1. The van der Waals surface area contributed by atoms with Gasteiger partial charge in [-0.05, 0) is 30.3 Å². The lowest BCUT2D eigenvalue weighted by atomic mass is 10.0. The number of fused-ring (bicyclic) bond motifs is 1. The zero-order valence-corrected chi connectivity index (χ0v) is 16.1. The van der Waals surface area contributed by atoms with Crippen LogP contribution in [-0.4, -0.2) is 19.3 Å². The van der Waals surface area contributed by atoms with Crippen LogP contribution in [0.2, 0.25) is 0 Å². The summed E-state index contributed by atoms with van der Waals surface area (Å²) in [7, 11) is -3.86. The summed E-state index contributed by atoms with van der Waals surface area (Å²) in [5.74, 6) is -0.368. The van der Waals surface area contributed by atoms with Gasteiger partial charge < -0.3 is 5.32 Å². The highest BCUT2D eigenvalue weighted by Gasteiger charge is 2.15. The number of carbonyl (C=O) groups is 1. The predicted molar refractivity (Wildman–Crippen MR) is 113 cm³/mol. The molecular weight excluding hydrogens is 386 g/mol. The molecule has 0 aliphatic heterocycles. The number of nitrogens with two attached hydrogens (primary N) is 1. The van der Waals surface area contributed by atoms with Crippen LogP contribution < -0.4 is 10.5 Å². The molecule has 29 heavy (non-hydrogen) atoms. The number of pyridine rings is 1. The Morgan fingerprint density at radius 2 is 1.59 bits per heavy atom. The number of hydrogen-bond acceptors (Lipinski definition) is 4. The number of nitrogens with one attached hydrogen (secondary N) is 1. The lowest BCUT2D eigenvalue weighted by molar-refractivity contribution is 0.102. The molecule has 0 aliphatic rings. The monoisotopic (exact) mass is 403 g/mol. The highest BCUT2D eigenvalue weighted by Crippen LogP contribution is 2.26. The Morgan fingerprint density at radius 3 is 2.34 bits per heavy atom. The first-order valence-corrected chi connectivity index (χ1v) is 10.4. The van der Waals surface area contributed by atoms with Gasteiger partial charge in [-0.3, -0.25) is 4.79 Å². The average molecular weight is 403 g/mol. The molecule has 0 unspecified atom stereocenters. The van der Waals surface area contributed by atoms with E-state index in [9.17, 15) is 13.2 Å². The van der Waals surface area contributed by atoms with Crippen LogP contribution in [0.1, 0.15) is 10.4 Å². The van der Waals surface area contributed by atoms with E-state index in [-0.39, 0.29) is 10.8 Å². The third-order valence-electron chi connectivity index (χ3n) is 4.45. The second-order valence-electron chi connectivity index (χ2n) is 6.47. The molecule has 0 radical (unpaired) electrons. The molecule has 0 spiro atoms. The van der Waals surface area contributed by atoms with Crippen molar-refractivity contribution in [3.05, 3.63) is 90.5 Å². The number of amides is 1. The lowest BCUT2D eigenvalue weighted by Crippen LogP contribution is -2.15. The highest BCUT2D eigenvalue weighted by molar-refractivity contribution is 7.89. The lowest BCUT2D eigenvalue weighted by Gasteiger charge is -2.11. The molecule has 6 nitrogen and oxygen atoms in total. The van der Waals surface area contributed by atoms with E-state index in [4.69, 9.17) is 5.14 Å². The fourth-order valence-electron chi connectivity index (χ4n) is 3.07. The summed E-state index contributed by atoms with van der Waals surface area (Å²) in [6.07, 6.45) is 0. The summed E-state index contributed by atoms with van der Waals surface area (Å²) < 4.78 is 23.1. The zero-order valence-electron chi connectivity index (χ0n) is 15.2. The van der Waals surface area contributed by atoms with Crippen molar-refractivity contribution in [2.75, 3.05) is 5.32 Å². The normalized spacial score (nSPS) is 11.3. The first-order chi connectivity index (χ1) is 13.9. The van der Waals surface area contributed by atoms with Crippen molar-refractivity contribution in [3.8, 4) is 11.3 Å². The summed E-state index contributed by atoms with van der Waals surface area (Å²) in [5.41, 5.74) is 3.03. The van der Waals surface area contributed by atoms with E-state index in [0.717, 1.165) is 5.56 Å². The molecule has 0 saturated heterocycles. The van der Waals surface area contributed by atoms with Gasteiger partial charge in [-0.15, -0.1) is 0 Å². The number of aromatic nitrogens is 1. The maximum absolute atomic E-state index is 13.1. The van der Waals surface area contributed by atoms with Crippen molar-refractivity contribution in [2.24, 2.45) is 5.14 Å². The van der Waals surface area contributed by atoms with E-state index in [2.05, 4.69) is 10.3 Å². The fourth-order valence-corrected chi connectivity index (χ4v) is 3.63. The molecule has 0 fully saturated rings. The molecular formula is C22H17N3O3S. The molecule has 0 atom stereocenters. The molecule has 0 bridgehead atoms. The number of nitrogens with zero attached hydrogens (tertiary/aromatic N) is 1. The van der Waals surface area contributed by atoms with Crippen LogP contribution in [0.25, 0.3) is 22.2 Å². The molecule has 3 N–H and O–H groups in total. The number of primary sulfonamides is 1. The van der Waals surface area contributed by atoms with E-state index in [0.29, 0.717) is 27.8 Å². The van der Waals surface area contributed by atoms with Crippen molar-refractivity contribution < 1.29 is 13.2 Å². The quantitative estimate of drug-likeness (QED) is 0.541. The van der Waals surface area contributed by atoms with Gasteiger partial charge in [0.1, 0.15) is 0 Å². The Kier molecular flexibility index (Phi) is 4.84. The van der Waals surface area contributed by atoms with E-state index >= 15 is 0 Å². The second kappa shape index (κ2) is 7.46. The molecule has 4 rings (SSSR count). The Bertz CT molecular complexity index is 1320. The summed E-state index contributed by atoms with van der Waals surface area (Å²) in [5, 5.41) is 8.63. The molecule has 1 heterocycles. The molecule has 0 aliphatic carbocycles. The van der Waals surface area contributed by atoms with E-state index in [1.54, 1.807) is 12.1 Å². The Balaban J connectivity index is 1.78. The van der Waals surface area contributed by atoms with Crippen LogP contribution in [-0.2, 0) is 10.0 Å². The smallest absolute Gasteiger partial charge is 0.256 e. The van der Waals surface area contributed by atoms with Crippen LogP contribution in [0.15, 0.2) is 89.8 Å². The number of carbonyl (C=O) groups excluding carboxylic acids is 1. The second-order valence-corrected chi connectivity index (χ2v) is 8.03. The van der Waals surface area contributed by atoms with Gasteiger partial charge in [-0.25, -0.2) is 18.5 Å². The highest BCUT2D eigenvalue weighted by atomic mass is 32.2. The fraction of sp³-hybridized carbons (Fsp3) is 0. The van der Waals surface area contributed by atoms with Gasteiger partial charge in [0.2, 0.25) is 10.0 Å². The van der Waals surface area contributed by atoms with Gasteiger partial charge in [0.25, 0.3) is 5.91 Å². The van der Waals surface area contributed by atoms with Gasteiger partial charge in [-0.2, -0.15) is 0 Å². The van der Waals surface area contributed by atoms with Gasteiger partial charge in [0.05, 0.1) is 21.7 Å². The third-order valence-corrected chi connectivity index (χ3v) is 5.36. The summed E-state index contributed by atoms with van der Waals surface area (Å²) in [4.78, 5) is 17.6. The predicted octanol–water partition coefficient (Wildman–Crippen LogP) is 3.80. The Labute approximate surface area is 168 Å². The van der Waals surface area contributed by atoms with Crippen molar-refractivity contribution in [1.82, 2.24) is 4.98 Å². The number of sulfonamides is 1. The molecule has 1 amide bonds. The van der Waals surface area contributed by atoms with E-state index < -0.39 is 10.0 Å². The third kappa shape index (κ3) is 4.01. The molecule has 3 aromatic carbocycles. The largest absolute Gasteiger partial charge is 0.322 e. The summed E-state index contributed by atoms with van der Waals surface area (Å²) in [6.45, 7) is 0. The molecule has 4 aromatic rings. The molecule has 144 valence electrons. The van der Waals surface area contributed by atoms with Crippen molar-refractivity contribution in [1.29, 1.82) is 0 Å². The topological polar surface area (TPSA) is 102 Å². The number of para-hydroxylation sites is 1. The standard InChI is InChI=1S/C22H17N3O3S/c23-29(27,28)17-10-6-9-16(13-17)24-22(26)19-14-21(15-7-2-1-3-8-15)25-20-12-5-4-11-18(19)20/h1-14H,(H,24,26)(H2,23,27,28). The van der Waals surface area contributed by atoms with Crippen LogP contribution in [0.3, 0.4) is 0 Å². The van der Waals surface area contributed by atoms with Crippen LogP contribution in [0.4, 0.5) is 5.69 Å². The van der Waals surface area contributed by atoms with Crippen molar-refractivity contribution in [3.63, 3.8) is 0 Å². The van der Waals surface area contributed by atoms with E-state index in [1.165, 1.54) is 18.2 Å². The van der Waals surface area contributed by atoms with Gasteiger partial charge in [0.15, 0.2) is 0 Å². The Hall–Kier alpha value is -3.55. The number of hydrogen-bond donors (Lipinski definition) is 2. The zero-order chi connectivity index (χ0) is 20.4. The molecule has 1 aromatic heterocycles. The van der Waals surface area contributed by atoms with Crippen molar-refractivity contribution in [2.45, 2.75) is 4.90 Å². The average Bonchev–Trinajstić information content (AvgIpc) is 2.73. The van der Waals surface area contributed by atoms with Gasteiger partial charge in [0, 0.05) is 16.6 Å². The minimum Gasteiger partial charge on any atom is -0.322 e. The van der Waals surface area contributed by atoms with Crippen LogP contribution in [0.5, 0.6) is 0 Å². The SMILES string of the molecule is NS(=O)(=O)c1cccc(NC(=O)c2cc(-c3ccccc3)nc3ccccc23)c1. The molecule has 7 heteroatoms. The number of anilines is 1.